The van der Waals surface area contributed by atoms with Crippen LogP contribution in [0, 0.1) is 6.92 Å². The maximum atomic E-state index is 12.2. The van der Waals surface area contributed by atoms with Crippen LogP contribution in [0.1, 0.15) is 24.0 Å². The summed E-state index contributed by atoms with van der Waals surface area (Å²) in [6, 6.07) is 14.2. The third kappa shape index (κ3) is 4.23. The van der Waals surface area contributed by atoms with Crippen LogP contribution in [0.25, 0.3) is 0 Å². The molecule has 2 N–H and O–H groups in total. The number of rotatable bonds is 5. The van der Waals surface area contributed by atoms with Crippen LogP contribution >= 0.6 is 0 Å². The smallest absolute Gasteiger partial charge is 0.233 e. The fourth-order valence-corrected chi connectivity index (χ4v) is 3.57. The van der Waals surface area contributed by atoms with Gasteiger partial charge in [0.25, 0.3) is 0 Å². The van der Waals surface area contributed by atoms with E-state index in [1.807, 2.05) is 37.3 Å². The zero-order chi connectivity index (χ0) is 15.5. The molecule has 0 aliphatic heterocycles. The Morgan fingerprint density at radius 3 is 2.43 bits per heavy atom. The molecule has 0 bridgehead atoms. The van der Waals surface area contributed by atoms with Crippen LogP contribution in [0.15, 0.2) is 48.5 Å². The lowest BCUT2D eigenvalue weighted by atomic mass is 10.0. The standard InChI is InChI=1S/C16H19NO3S/c1-12-10-15(8-9-16(12)18)17-21(19,20)11-13(2)14-6-4-3-5-7-14/h3-10,13,17-18H,11H2,1-2H3. The zero-order valence-corrected chi connectivity index (χ0v) is 12.9. The fraction of sp³-hybridized carbons (Fsp3) is 0.250. The number of hydrogen-bond acceptors (Lipinski definition) is 3. The van der Waals surface area contributed by atoms with Gasteiger partial charge < -0.3 is 5.11 Å². The quantitative estimate of drug-likeness (QED) is 0.833. The summed E-state index contributed by atoms with van der Waals surface area (Å²) < 4.78 is 27.0. The Morgan fingerprint density at radius 2 is 1.81 bits per heavy atom. The third-order valence-electron chi connectivity index (χ3n) is 3.31. The number of hydrogen-bond donors (Lipinski definition) is 2. The van der Waals surface area contributed by atoms with Crippen LogP contribution in [0.3, 0.4) is 0 Å². The molecule has 112 valence electrons. The molecule has 1 atom stereocenters. The first-order valence-corrected chi connectivity index (χ1v) is 8.37. The number of aryl methyl sites for hydroxylation is 1. The van der Waals surface area contributed by atoms with Gasteiger partial charge in [-0.25, -0.2) is 8.42 Å². The molecule has 2 rings (SSSR count). The molecule has 0 heterocycles. The zero-order valence-electron chi connectivity index (χ0n) is 12.1. The summed E-state index contributed by atoms with van der Waals surface area (Å²) in [4.78, 5) is 0. The van der Waals surface area contributed by atoms with E-state index in [-0.39, 0.29) is 17.4 Å². The molecule has 0 aromatic heterocycles. The molecule has 0 aliphatic carbocycles. The van der Waals surface area contributed by atoms with Gasteiger partial charge in [0.05, 0.1) is 5.75 Å². The molecule has 0 aliphatic rings. The van der Waals surface area contributed by atoms with E-state index in [4.69, 9.17) is 0 Å². The fourth-order valence-electron chi connectivity index (χ4n) is 2.15. The van der Waals surface area contributed by atoms with Crippen molar-refractivity contribution < 1.29 is 13.5 Å². The number of nitrogens with one attached hydrogen (secondary N) is 1. The average Bonchev–Trinajstić information content (AvgIpc) is 2.43. The Hall–Kier alpha value is -2.01. The Labute approximate surface area is 125 Å². The predicted molar refractivity (Wildman–Crippen MR) is 85.1 cm³/mol. The second kappa shape index (κ2) is 6.18. The Kier molecular flexibility index (Phi) is 4.53. The highest BCUT2D eigenvalue weighted by Crippen LogP contribution is 2.22. The maximum absolute atomic E-state index is 12.2. The van der Waals surface area contributed by atoms with Gasteiger partial charge in [-0.05, 0) is 42.2 Å². The SMILES string of the molecule is Cc1cc(NS(=O)(=O)CC(C)c2ccccc2)ccc1O. The highest BCUT2D eigenvalue weighted by atomic mass is 32.2. The second-order valence-corrected chi connectivity index (χ2v) is 6.96. The van der Waals surface area contributed by atoms with E-state index in [1.54, 1.807) is 19.1 Å². The highest BCUT2D eigenvalue weighted by molar-refractivity contribution is 7.92. The van der Waals surface area contributed by atoms with E-state index >= 15 is 0 Å². The van der Waals surface area contributed by atoms with Crippen molar-refractivity contribution in [3.63, 3.8) is 0 Å². The topological polar surface area (TPSA) is 66.4 Å². The Morgan fingerprint density at radius 1 is 1.14 bits per heavy atom. The Balaban J connectivity index is 2.10. The van der Waals surface area contributed by atoms with E-state index in [0.717, 1.165) is 5.56 Å². The predicted octanol–water partition coefficient (Wildman–Crippen LogP) is 3.25. The number of phenolic OH excluding ortho intramolecular Hbond substituents is 1. The lowest BCUT2D eigenvalue weighted by molar-refractivity contribution is 0.471. The van der Waals surface area contributed by atoms with E-state index in [9.17, 15) is 13.5 Å². The summed E-state index contributed by atoms with van der Waals surface area (Å²) in [6.07, 6.45) is 0. The molecule has 0 spiro atoms. The molecule has 0 saturated carbocycles. The van der Waals surface area contributed by atoms with Crippen LogP contribution in [-0.2, 0) is 10.0 Å². The molecular formula is C16H19NO3S. The summed E-state index contributed by atoms with van der Waals surface area (Å²) in [5.41, 5.74) is 2.08. The van der Waals surface area contributed by atoms with Crippen molar-refractivity contribution in [3.05, 3.63) is 59.7 Å². The van der Waals surface area contributed by atoms with Crippen LogP contribution in [-0.4, -0.2) is 19.3 Å². The summed E-state index contributed by atoms with van der Waals surface area (Å²) in [6.45, 7) is 3.61. The van der Waals surface area contributed by atoms with Gasteiger partial charge in [0, 0.05) is 5.69 Å². The van der Waals surface area contributed by atoms with Gasteiger partial charge in [-0.1, -0.05) is 37.3 Å². The first-order valence-electron chi connectivity index (χ1n) is 6.72. The first kappa shape index (κ1) is 15.4. The highest BCUT2D eigenvalue weighted by Gasteiger charge is 2.17. The lowest BCUT2D eigenvalue weighted by Gasteiger charge is -2.14. The average molecular weight is 305 g/mol. The third-order valence-corrected chi connectivity index (χ3v) is 4.79. The molecule has 5 heteroatoms. The van der Waals surface area contributed by atoms with E-state index in [2.05, 4.69) is 4.72 Å². The number of aromatic hydroxyl groups is 1. The molecule has 2 aromatic rings. The van der Waals surface area contributed by atoms with Crippen molar-refractivity contribution in [1.82, 2.24) is 0 Å². The second-order valence-electron chi connectivity index (χ2n) is 5.20. The van der Waals surface area contributed by atoms with Gasteiger partial charge >= 0.3 is 0 Å². The largest absolute Gasteiger partial charge is 0.508 e. The lowest BCUT2D eigenvalue weighted by Crippen LogP contribution is -2.20. The summed E-state index contributed by atoms with van der Waals surface area (Å²) in [7, 11) is -3.44. The molecule has 1 unspecified atom stereocenters. The minimum absolute atomic E-state index is 0.0109. The van der Waals surface area contributed by atoms with Crippen LogP contribution < -0.4 is 4.72 Å². The maximum Gasteiger partial charge on any atom is 0.233 e. The summed E-state index contributed by atoms with van der Waals surface area (Å²) >= 11 is 0. The Bertz CT molecular complexity index is 712. The van der Waals surface area contributed by atoms with Gasteiger partial charge in [0.15, 0.2) is 0 Å². The molecule has 2 aromatic carbocycles. The van der Waals surface area contributed by atoms with Crippen molar-refractivity contribution in [2.45, 2.75) is 19.8 Å². The van der Waals surface area contributed by atoms with E-state index in [1.165, 1.54) is 6.07 Å². The first-order chi connectivity index (χ1) is 9.87. The van der Waals surface area contributed by atoms with Crippen molar-refractivity contribution >= 4 is 15.7 Å². The van der Waals surface area contributed by atoms with Crippen molar-refractivity contribution in [3.8, 4) is 5.75 Å². The monoisotopic (exact) mass is 305 g/mol. The van der Waals surface area contributed by atoms with Crippen molar-refractivity contribution in [2.75, 3.05) is 10.5 Å². The normalized spacial score (nSPS) is 12.9. The van der Waals surface area contributed by atoms with Crippen molar-refractivity contribution in [1.29, 1.82) is 0 Å². The minimum Gasteiger partial charge on any atom is -0.508 e. The van der Waals surface area contributed by atoms with Gasteiger partial charge in [-0.3, -0.25) is 4.72 Å². The molecule has 4 nitrogen and oxygen atoms in total. The molecule has 21 heavy (non-hydrogen) atoms. The molecule has 0 radical (unpaired) electrons. The van der Waals surface area contributed by atoms with Gasteiger partial charge in [0.1, 0.15) is 5.75 Å². The molecule has 0 amide bonds. The molecular weight excluding hydrogens is 286 g/mol. The number of sulfonamides is 1. The van der Waals surface area contributed by atoms with Gasteiger partial charge in [-0.15, -0.1) is 0 Å². The number of anilines is 1. The van der Waals surface area contributed by atoms with Gasteiger partial charge in [-0.2, -0.15) is 0 Å². The summed E-state index contributed by atoms with van der Waals surface area (Å²) in [5, 5.41) is 9.46. The number of phenols is 1. The van der Waals surface area contributed by atoms with Crippen LogP contribution in [0.2, 0.25) is 0 Å². The molecule has 0 saturated heterocycles. The van der Waals surface area contributed by atoms with Gasteiger partial charge in [0.2, 0.25) is 10.0 Å². The van der Waals surface area contributed by atoms with Crippen molar-refractivity contribution in [2.24, 2.45) is 0 Å². The minimum atomic E-state index is -3.44. The summed E-state index contributed by atoms with van der Waals surface area (Å²) in [5.74, 6) is 0.0641. The van der Waals surface area contributed by atoms with Crippen LogP contribution in [0.5, 0.6) is 5.75 Å². The number of benzene rings is 2. The van der Waals surface area contributed by atoms with Crippen LogP contribution in [0.4, 0.5) is 5.69 Å². The molecule has 0 fully saturated rings. The van der Waals surface area contributed by atoms with E-state index < -0.39 is 10.0 Å². The van der Waals surface area contributed by atoms with E-state index in [0.29, 0.717) is 11.3 Å².